The van der Waals surface area contributed by atoms with Gasteiger partial charge in [-0.15, -0.1) is 10.2 Å². The van der Waals surface area contributed by atoms with Gasteiger partial charge in [0.1, 0.15) is 17.3 Å². The molecule has 0 unspecified atom stereocenters. The van der Waals surface area contributed by atoms with Crippen molar-refractivity contribution < 1.29 is 18.7 Å². The maximum Gasteiger partial charge on any atom is 0.250 e. The lowest BCUT2D eigenvalue weighted by Gasteiger charge is -2.11. The molecule has 0 bridgehead atoms. The molecule has 0 spiro atoms. The number of furan rings is 1. The van der Waals surface area contributed by atoms with Crippen molar-refractivity contribution in [3.05, 3.63) is 78.3 Å². The fraction of sp³-hybridized carbons (Fsp3) is 0.154. The predicted molar refractivity (Wildman–Crippen MR) is 140 cm³/mol. The molecule has 0 saturated carbocycles. The number of thioether (sulfide) groups is 1. The van der Waals surface area contributed by atoms with Gasteiger partial charge in [0.25, 0.3) is 5.91 Å². The first-order valence-corrected chi connectivity index (χ1v) is 12.0. The number of carbonyl (C=O) groups excluding carboxylic acids is 1. The maximum atomic E-state index is 12.4. The second-order valence-corrected chi connectivity index (χ2v) is 8.50. The number of amides is 1. The monoisotopic (exact) mass is 503 g/mol. The Kier molecular flexibility index (Phi) is 8.20. The topological polar surface area (TPSA) is 104 Å². The summed E-state index contributed by atoms with van der Waals surface area (Å²) in [6.45, 7) is 1.87. The lowest BCUT2D eigenvalue weighted by atomic mass is 10.2. The van der Waals surface area contributed by atoms with E-state index in [4.69, 9.17) is 13.9 Å². The number of hydrogen-bond acceptors (Lipinski definition) is 8. The minimum atomic E-state index is -0.266. The van der Waals surface area contributed by atoms with Crippen LogP contribution < -0.4 is 14.9 Å². The third-order valence-electron chi connectivity index (χ3n) is 5.02. The minimum Gasteiger partial charge on any atom is -0.497 e. The van der Waals surface area contributed by atoms with Gasteiger partial charge in [-0.3, -0.25) is 9.36 Å². The highest BCUT2D eigenvalue weighted by Gasteiger charge is 2.17. The molecule has 2 aromatic carbocycles. The molecule has 0 atom stereocenters. The zero-order valence-electron chi connectivity index (χ0n) is 20.0. The number of benzene rings is 2. The molecular formula is C26H25N5O4S. The highest BCUT2D eigenvalue weighted by atomic mass is 32.2. The first-order chi connectivity index (χ1) is 17.6. The van der Waals surface area contributed by atoms with Gasteiger partial charge in [0, 0.05) is 11.3 Å². The Hall–Kier alpha value is -4.31. The molecule has 0 aliphatic heterocycles. The van der Waals surface area contributed by atoms with Crippen LogP contribution in [0.5, 0.6) is 11.5 Å². The van der Waals surface area contributed by atoms with Crippen LogP contribution in [0.1, 0.15) is 12.7 Å². The Balaban J connectivity index is 1.50. The third-order valence-corrected chi connectivity index (χ3v) is 5.94. The number of hydrazone groups is 1. The molecule has 0 radical (unpaired) electrons. The van der Waals surface area contributed by atoms with Crippen molar-refractivity contribution in [3.63, 3.8) is 0 Å². The van der Waals surface area contributed by atoms with Crippen LogP contribution in [0.2, 0.25) is 0 Å². The number of allylic oxidation sites excluding steroid dienone is 1. The van der Waals surface area contributed by atoms with E-state index in [-0.39, 0.29) is 11.7 Å². The predicted octanol–water partition coefficient (Wildman–Crippen LogP) is 4.84. The number of aromatic nitrogens is 3. The van der Waals surface area contributed by atoms with Gasteiger partial charge < -0.3 is 13.9 Å². The van der Waals surface area contributed by atoms with Crippen molar-refractivity contribution >= 4 is 30.0 Å². The zero-order chi connectivity index (χ0) is 25.3. The molecule has 2 heterocycles. The van der Waals surface area contributed by atoms with E-state index in [9.17, 15) is 4.79 Å². The van der Waals surface area contributed by atoms with Crippen LogP contribution in [0.4, 0.5) is 0 Å². The molecule has 0 aliphatic carbocycles. The fourth-order valence-electron chi connectivity index (χ4n) is 3.26. The lowest BCUT2D eigenvalue weighted by molar-refractivity contribution is -0.118. The first-order valence-electron chi connectivity index (χ1n) is 11.0. The molecule has 1 amide bonds. The smallest absolute Gasteiger partial charge is 0.250 e. The van der Waals surface area contributed by atoms with Gasteiger partial charge in [0.05, 0.1) is 32.5 Å². The molecular weight excluding hydrogens is 478 g/mol. The molecule has 184 valence electrons. The standard InChI is InChI=1S/C26H25N5O4S/c1-18(15-23-5-4-14-35-23)16-27-28-24(32)17-36-26-30-29-25(19-6-10-21(33-2)11-7-19)31(26)20-8-12-22(34-3)13-9-20/h4-16H,17H2,1-3H3,(H,28,32)/b18-15+,27-16+. The maximum absolute atomic E-state index is 12.4. The quantitative estimate of drug-likeness (QED) is 0.188. The molecule has 36 heavy (non-hydrogen) atoms. The van der Waals surface area contributed by atoms with Crippen LogP contribution >= 0.6 is 11.8 Å². The Morgan fingerprint density at radius 3 is 2.39 bits per heavy atom. The second-order valence-electron chi connectivity index (χ2n) is 7.55. The summed E-state index contributed by atoms with van der Waals surface area (Å²) in [5.74, 6) is 2.68. The molecule has 0 aliphatic rings. The summed E-state index contributed by atoms with van der Waals surface area (Å²) in [6.07, 6.45) is 4.98. The Bertz CT molecular complexity index is 1340. The van der Waals surface area contributed by atoms with Crippen molar-refractivity contribution in [1.82, 2.24) is 20.2 Å². The molecule has 10 heteroatoms. The molecule has 0 fully saturated rings. The largest absolute Gasteiger partial charge is 0.497 e. The van der Waals surface area contributed by atoms with Crippen LogP contribution in [0.25, 0.3) is 23.2 Å². The number of nitrogens with zero attached hydrogens (tertiary/aromatic N) is 4. The summed E-state index contributed by atoms with van der Waals surface area (Å²) in [5, 5.41) is 13.3. The number of hydrogen-bond donors (Lipinski definition) is 1. The highest BCUT2D eigenvalue weighted by Crippen LogP contribution is 2.29. The number of nitrogens with one attached hydrogen (secondary N) is 1. The third kappa shape index (κ3) is 6.22. The summed E-state index contributed by atoms with van der Waals surface area (Å²) < 4.78 is 17.7. The number of methoxy groups -OCH3 is 2. The van der Waals surface area contributed by atoms with E-state index >= 15 is 0 Å². The van der Waals surface area contributed by atoms with E-state index in [0.717, 1.165) is 28.3 Å². The van der Waals surface area contributed by atoms with Crippen LogP contribution in [0.3, 0.4) is 0 Å². The Morgan fingerprint density at radius 2 is 1.75 bits per heavy atom. The van der Waals surface area contributed by atoms with Gasteiger partial charge in [-0.1, -0.05) is 11.8 Å². The lowest BCUT2D eigenvalue weighted by Crippen LogP contribution is -2.20. The molecule has 9 nitrogen and oxygen atoms in total. The van der Waals surface area contributed by atoms with Crippen molar-refractivity contribution in [1.29, 1.82) is 0 Å². The van der Waals surface area contributed by atoms with E-state index in [1.165, 1.54) is 11.8 Å². The van der Waals surface area contributed by atoms with E-state index in [1.807, 2.05) is 72.2 Å². The van der Waals surface area contributed by atoms with Gasteiger partial charge in [-0.2, -0.15) is 5.10 Å². The van der Waals surface area contributed by atoms with Gasteiger partial charge in [0.15, 0.2) is 11.0 Å². The van der Waals surface area contributed by atoms with Crippen LogP contribution in [0.15, 0.2) is 87.2 Å². The van der Waals surface area contributed by atoms with Gasteiger partial charge in [-0.05, 0) is 79.2 Å². The van der Waals surface area contributed by atoms with Gasteiger partial charge in [0.2, 0.25) is 0 Å². The van der Waals surface area contributed by atoms with E-state index < -0.39 is 0 Å². The fourth-order valence-corrected chi connectivity index (χ4v) is 4.00. The minimum absolute atomic E-state index is 0.106. The Labute approximate surface area is 212 Å². The van der Waals surface area contributed by atoms with E-state index in [1.54, 1.807) is 32.8 Å². The number of carbonyl (C=O) groups is 1. The van der Waals surface area contributed by atoms with Crippen molar-refractivity contribution in [2.75, 3.05) is 20.0 Å². The van der Waals surface area contributed by atoms with E-state index in [2.05, 4.69) is 20.7 Å². The zero-order valence-corrected chi connectivity index (χ0v) is 20.9. The van der Waals surface area contributed by atoms with Crippen molar-refractivity contribution in [2.45, 2.75) is 12.1 Å². The summed E-state index contributed by atoms with van der Waals surface area (Å²) in [6, 6.07) is 18.8. The average Bonchev–Trinajstić information content (AvgIpc) is 3.57. The normalized spacial score (nSPS) is 11.6. The molecule has 2 aromatic heterocycles. The number of rotatable bonds is 10. The summed E-state index contributed by atoms with van der Waals surface area (Å²) >= 11 is 1.26. The van der Waals surface area contributed by atoms with Crippen molar-refractivity contribution in [3.8, 4) is 28.6 Å². The Morgan fingerprint density at radius 1 is 1.06 bits per heavy atom. The van der Waals surface area contributed by atoms with Crippen molar-refractivity contribution in [2.24, 2.45) is 5.10 Å². The molecule has 0 saturated heterocycles. The van der Waals surface area contributed by atoms with Crippen LogP contribution in [-0.4, -0.2) is 46.9 Å². The number of ether oxygens (including phenoxy) is 2. The summed E-state index contributed by atoms with van der Waals surface area (Å²) in [4.78, 5) is 12.4. The molecule has 4 aromatic rings. The SMILES string of the molecule is COc1ccc(-c2nnc(SCC(=O)N/N=C/C(C)=C/c3ccco3)n2-c2ccc(OC)cc2)cc1. The van der Waals surface area contributed by atoms with Gasteiger partial charge in [-0.25, -0.2) is 5.43 Å². The van der Waals surface area contributed by atoms with E-state index in [0.29, 0.717) is 16.7 Å². The summed E-state index contributed by atoms with van der Waals surface area (Å²) in [5.41, 5.74) is 5.07. The second kappa shape index (κ2) is 11.9. The summed E-state index contributed by atoms with van der Waals surface area (Å²) in [7, 11) is 3.24. The molecule has 1 N–H and O–H groups in total. The van der Waals surface area contributed by atoms with Gasteiger partial charge >= 0.3 is 0 Å². The average molecular weight is 504 g/mol. The van der Waals surface area contributed by atoms with Crippen LogP contribution in [-0.2, 0) is 4.79 Å². The molecule has 4 rings (SSSR count). The highest BCUT2D eigenvalue weighted by molar-refractivity contribution is 7.99. The van der Waals surface area contributed by atoms with Crippen LogP contribution in [0, 0.1) is 0 Å². The first kappa shape index (κ1) is 24.8.